The van der Waals surface area contributed by atoms with Gasteiger partial charge in [0.15, 0.2) is 0 Å². The van der Waals surface area contributed by atoms with E-state index in [1.54, 1.807) is 0 Å². The van der Waals surface area contributed by atoms with Crippen LogP contribution in [0.5, 0.6) is 0 Å². The van der Waals surface area contributed by atoms with Crippen LogP contribution in [-0.4, -0.2) is 25.8 Å². The van der Waals surface area contributed by atoms with Crippen LogP contribution in [0.15, 0.2) is 12.2 Å². The van der Waals surface area contributed by atoms with Gasteiger partial charge in [0.1, 0.15) is 6.61 Å². The number of rotatable bonds is 0. The van der Waals surface area contributed by atoms with Crippen molar-refractivity contribution in [2.45, 2.75) is 51.4 Å². The fourth-order valence-corrected chi connectivity index (χ4v) is 1.84. The van der Waals surface area contributed by atoms with Crippen LogP contribution in [0.1, 0.15) is 51.4 Å². The van der Waals surface area contributed by atoms with Crippen molar-refractivity contribution in [3.8, 4) is 0 Å². The summed E-state index contributed by atoms with van der Waals surface area (Å²) in [7, 11) is 0. The lowest BCUT2D eigenvalue weighted by atomic mass is 10.1. The summed E-state index contributed by atoms with van der Waals surface area (Å²) in [5.41, 5.74) is 0. The van der Waals surface area contributed by atoms with Crippen molar-refractivity contribution in [2.75, 3.05) is 19.8 Å². The van der Waals surface area contributed by atoms with Gasteiger partial charge in [-0.05, 0) is 25.7 Å². The average molecular weight is 240 g/mol. The lowest BCUT2D eigenvalue weighted by Crippen LogP contribution is -2.13. The minimum absolute atomic E-state index is 0.0911. The maximum Gasteiger partial charge on any atom is 0.332 e. The van der Waals surface area contributed by atoms with Crippen LogP contribution < -0.4 is 0 Å². The molecule has 0 aromatic heterocycles. The largest absolute Gasteiger partial charge is 0.464 e. The summed E-state index contributed by atoms with van der Waals surface area (Å²) in [6, 6.07) is 0. The first kappa shape index (κ1) is 14.2. The van der Waals surface area contributed by atoms with Gasteiger partial charge in [0.05, 0.1) is 13.2 Å². The quantitative estimate of drug-likeness (QED) is 0.481. The van der Waals surface area contributed by atoms with Crippen LogP contribution in [-0.2, 0) is 14.3 Å². The zero-order chi connectivity index (χ0) is 12.2. The third kappa shape index (κ3) is 8.93. The van der Waals surface area contributed by atoms with E-state index in [9.17, 15) is 4.79 Å². The molecule has 0 aromatic rings. The van der Waals surface area contributed by atoms with Gasteiger partial charge in [-0.15, -0.1) is 0 Å². The number of ether oxygens (including phenoxy) is 2. The molecular formula is C14H24O3. The second-order valence-corrected chi connectivity index (χ2v) is 4.44. The van der Waals surface area contributed by atoms with E-state index in [1.807, 2.05) is 0 Å². The highest BCUT2D eigenvalue weighted by Gasteiger charge is 2.02. The lowest BCUT2D eigenvalue weighted by Gasteiger charge is -2.06. The minimum atomic E-state index is -0.235. The van der Waals surface area contributed by atoms with Crippen LogP contribution in [0.4, 0.5) is 0 Å². The summed E-state index contributed by atoms with van der Waals surface area (Å²) in [5, 5.41) is 0. The van der Waals surface area contributed by atoms with Gasteiger partial charge in [-0.3, -0.25) is 0 Å². The predicted octanol–water partition coefficient (Wildman–Crippen LogP) is 3.24. The standard InChI is InChI=1S/C14H24O3/c15-14-13-16-11-9-7-5-3-1-2-4-6-8-10-12-17-14/h5,7H,1-4,6,8-13H2/b7-5-. The molecule has 1 rings (SSSR count). The summed E-state index contributed by atoms with van der Waals surface area (Å²) < 4.78 is 10.3. The molecule has 3 heteroatoms. The molecule has 0 atom stereocenters. The van der Waals surface area contributed by atoms with Crippen molar-refractivity contribution in [3.05, 3.63) is 12.2 Å². The minimum Gasteiger partial charge on any atom is -0.464 e. The Labute approximate surface area is 104 Å². The smallest absolute Gasteiger partial charge is 0.332 e. The second-order valence-electron chi connectivity index (χ2n) is 4.44. The summed E-state index contributed by atoms with van der Waals surface area (Å²) in [5.74, 6) is -0.235. The molecule has 0 amide bonds. The third-order valence-corrected chi connectivity index (χ3v) is 2.84. The topological polar surface area (TPSA) is 35.5 Å². The highest BCUT2D eigenvalue weighted by Crippen LogP contribution is 2.08. The number of hydrogen-bond acceptors (Lipinski definition) is 3. The summed E-state index contributed by atoms with van der Waals surface area (Å²) in [6.07, 6.45) is 13.7. The molecule has 1 aliphatic heterocycles. The normalized spacial score (nSPS) is 23.9. The molecule has 98 valence electrons. The van der Waals surface area contributed by atoms with E-state index in [4.69, 9.17) is 9.47 Å². The molecule has 0 aliphatic carbocycles. The fourth-order valence-electron chi connectivity index (χ4n) is 1.84. The third-order valence-electron chi connectivity index (χ3n) is 2.84. The number of carbonyl (C=O) groups is 1. The van der Waals surface area contributed by atoms with E-state index < -0.39 is 0 Å². The van der Waals surface area contributed by atoms with Crippen LogP contribution in [0.3, 0.4) is 0 Å². The molecule has 0 saturated carbocycles. The zero-order valence-corrected chi connectivity index (χ0v) is 10.7. The Hall–Kier alpha value is -0.830. The van der Waals surface area contributed by atoms with Crippen molar-refractivity contribution < 1.29 is 14.3 Å². The summed E-state index contributed by atoms with van der Waals surface area (Å²) >= 11 is 0. The Morgan fingerprint density at radius 1 is 0.824 bits per heavy atom. The molecular weight excluding hydrogens is 216 g/mol. The molecule has 17 heavy (non-hydrogen) atoms. The van der Waals surface area contributed by atoms with Gasteiger partial charge in [-0.2, -0.15) is 0 Å². The highest BCUT2D eigenvalue weighted by atomic mass is 16.6. The van der Waals surface area contributed by atoms with Gasteiger partial charge in [0.2, 0.25) is 0 Å². The highest BCUT2D eigenvalue weighted by molar-refractivity contribution is 5.70. The number of allylic oxidation sites excluding steroid dienone is 1. The van der Waals surface area contributed by atoms with Gasteiger partial charge in [0.25, 0.3) is 0 Å². The van der Waals surface area contributed by atoms with Crippen molar-refractivity contribution in [3.63, 3.8) is 0 Å². The number of carbonyl (C=O) groups excluding carboxylic acids is 1. The summed E-state index contributed by atoms with van der Waals surface area (Å²) in [4.78, 5) is 11.2. The fraction of sp³-hybridized carbons (Fsp3) is 0.786. The van der Waals surface area contributed by atoms with Crippen LogP contribution in [0.2, 0.25) is 0 Å². The van der Waals surface area contributed by atoms with E-state index in [1.165, 1.54) is 32.1 Å². The monoisotopic (exact) mass is 240 g/mol. The number of esters is 1. The zero-order valence-electron chi connectivity index (χ0n) is 10.7. The molecule has 0 bridgehead atoms. The summed E-state index contributed by atoms with van der Waals surface area (Å²) in [6.45, 7) is 1.24. The molecule has 0 radical (unpaired) electrons. The average Bonchev–Trinajstić information content (AvgIpc) is 2.32. The van der Waals surface area contributed by atoms with E-state index in [0.717, 1.165) is 19.3 Å². The Kier molecular flexibility index (Phi) is 8.65. The molecule has 0 unspecified atom stereocenters. The second kappa shape index (κ2) is 10.3. The number of hydrogen-bond donors (Lipinski definition) is 0. The van der Waals surface area contributed by atoms with E-state index >= 15 is 0 Å². The van der Waals surface area contributed by atoms with Gasteiger partial charge < -0.3 is 9.47 Å². The Morgan fingerprint density at radius 2 is 1.53 bits per heavy atom. The van der Waals surface area contributed by atoms with Crippen LogP contribution in [0.25, 0.3) is 0 Å². The van der Waals surface area contributed by atoms with Crippen molar-refractivity contribution >= 4 is 5.97 Å². The van der Waals surface area contributed by atoms with Crippen molar-refractivity contribution in [1.82, 2.24) is 0 Å². The lowest BCUT2D eigenvalue weighted by molar-refractivity contribution is -0.149. The molecule has 0 spiro atoms. The van der Waals surface area contributed by atoms with Gasteiger partial charge in [-0.1, -0.05) is 37.8 Å². The molecule has 1 heterocycles. The van der Waals surface area contributed by atoms with Crippen LogP contribution in [0, 0.1) is 0 Å². The predicted molar refractivity (Wildman–Crippen MR) is 67.9 cm³/mol. The van der Waals surface area contributed by atoms with E-state index in [0.29, 0.717) is 13.2 Å². The van der Waals surface area contributed by atoms with Gasteiger partial charge in [0, 0.05) is 0 Å². The molecule has 1 aliphatic rings. The molecule has 0 fully saturated rings. The molecule has 0 saturated heterocycles. The number of cyclic esters (lactones) is 1. The SMILES string of the molecule is O=C1COCC/C=C\CCCCCCCCO1. The molecule has 3 nitrogen and oxygen atoms in total. The van der Waals surface area contributed by atoms with Gasteiger partial charge >= 0.3 is 5.97 Å². The maximum atomic E-state index is 11.2. The Balaban J connectivity index is 2.18. The molecule has 0 aromatic carbocycles. The van der Waals surface area contributed by atoms with Crippen molar-refractivity contribution in [2.24, 2.45) is 0 Å². The first-order valence-electron chi connectivity index (χ1n) is 6.78. The van der Waals surface area contributed by atoms with E-state index in [-0.39, 0.29) is 12.6 Å². The first-order valence-corrected chi connectivity index (χ1v) is 6.78. The Morgan fingerprint density at radius 3 is 2.41 bits per heavy atom. The molecule has 0 N–H and O–H groups in total. The first-order chi connectivity index (χ1) is 8.39. The Bertz CT molecular complexity index is 224. The van der Waals surface area contributed by atoms with E-state index in [2.05, 4.69) is 12.2 Å². The van der Waals surface area contributed by atoms with Crippen molar-refractivity contribution in [1.29, 1.82) is 0 Å². The van der Waals surface area contributed by atoms with Crippen LogP contribution >= 0.6 is 0 Å². The maximum absolute atomic E-state index is 11.2. The van der Waals surface area contributed by atoms with Gasteiger partial charge in [-0.25, -0.2) is 4.79 Å².